The second-order valence-corrected chi connectivity index (χ2v) is 3.59. The summed E-state index contributed by atoms with van der Waals surface area (Å²) >= 11 is 5.16. The molecule has 1 aliphatic carbocycles. The Morgan fingerprint density at radius 1 is 1.50 bits per heavy atom. The highest BCUT2D eigenvalue weighted by molar-refractivity contribution is 7.71. The van der Waals surface area contributed by atoms with Gasteiger partial charge in [-0.05, 0) is 30.9 Å². The molecule has 1 aliphatic rings. The number of aromatic nitrogens is 1. The smallest absolute Gasteiger partial charge is 0.107 e. The van der Waals surface area contributed by atoms with E-state index in [-0.39, 0.29) is 0 Å². The second-order valence-electron chi connectivity index (χ2n) is 3.19. The summed E-state index contributed by atoms with van der Waals surface area (Å²) in [6, 6.07) is 2.15. The average Bonchev–Trinajstić information content (AvgIpc) is 2.49. The third-order valence-corrected chi connectivity index (χ3v) is 2.75. The van der Waals surface area contributed by atoms with Crippen molar-refractivity contribution in [2.45, 2.75) is 25.8 Å². The number of pyridine rings is 1. The summed E-state index contributed by atoms with van der Waals surface area (Å²) in [5, 5.41) is 0. The van der Waals surface area contributed by atoms with Gasteiger partial charge in [0, 0.05) is 17.8 Å². The number of aromatic amines is 1. The van der Waals surface area contributed by atoms with Crippen molar-refractivity contribution in [1.82, 2.24) is 4.98 Å². The molecule has 0 amide bonds. The number of H-pyrrole nitrogens is 1. The van der Waals surface area contributed by atoms with Crippen molar-refractivity contribution in [1.29, 1.82) is 0 Å². The maximum absolute atomic E-state index is 5.56. The highest BCUT2D eigenvalue weighted by Crippen LogP contribution is 2.20. The van der Waals surface area contributed by atoms with E-state index in [1.807, 2.05) is 0 Å². The van der Waals surface area contributed by atoms with Crippen molar-refractivity contribution in [2.75, 3.05) is 0 Å². The van der Waals surface area contributed by atoms with Crippen LogP contribution >= 0.6 is 12.2 Å². The predicted octanol–water partition coefficient (Wildman–Crippen LogP) is 1.69. The minimum atomic E-state index is 0.544. The van der Waals surface area contributed by atoms with Crippen LogP contribution in [-0.4, -0.2) is 4.98 Å². The molecule has 0 aromatic carbocycles. The Labute approximate surface area is 76.8 Å². The van der Waals surface area contributed by atoms with E-state index in [0.29, 0.717) is 6.54 Å². The van der Waals surface area contributed by atoms with E-state index in [0.717, 1.165) is 16.6 Å². The van der Waals surface area contributed by atoms with Gasteiger partial charge in [0.25, 0.3) is 0 Å². The van der Waals surface area contributed by atoms with Gasteiger partial charge in [0.15, 0.2) is 0 Å². The van der Waals surface area contributed by atoms with Crippen molar-refractivity contribution >= 4 is 12.2 Å². The molecule has 0 spiro atoms. The fourth-order valence-electron chi connectivity index (χ4n) is 1.71. The first-order valence-corrected chi connectivity index (χ1v) is 4.66. The van der Waals surface area contributed by atoms with Gasteiger partial charge in [-0.1, -0.05) is 12.2 Å². The van der Waals surface area contributed by atoms with Crippen LogP contribution < -0.4 is 5.73 Å². The average molecular weight is 180 g/mol. The van der Waals surface area contributed by atoms with Crippen LogP contribution in [0.15, 0.2) is 6.07 Å². The summed E-state index contributed by atoms with van der Waals surface area (Å²) in [6.45, 7) is 0.544. The van der Waals surface area contributed by atoms with Gasteiger partial charge in [-0.15, -0.1) is 0 Å². The minimum absolute atomic E-state index is 0.544. The lowest BCUT2D eigenvalue weighted by Crippen LogP contribution is -2.01. The van der Waals surface area contributed by atoms with E-state index < -0.39 is 0 Å². The van der Waals surface area contributed by atoms with Crippen LogP contribution in [0.5, 0.6) is 0 Å². The summed E-state index contributed by atoms with van der Waals surface area (Å²) in [7, 11) is 0. The monoisotopic (exact) mass is 180 g/mol. The van der Waals surface area contributed by atoms with E-state index in [4.69, 9.17) is 18.0 Å². The lowest BCUT2D eigenvalue weighted by atomic mass is 10.1. The van der Waals surface area contributed by atoms with E-state index in [2.05, 4.69) is 11.1 Å². The first kappa shape index (κ1) is 7.95. The van der Waals surface area contributed by atoms with Gasteiger partial charge in [-0.2, -0.15) is 0 Å². The van der Waals surface area contributed by atoms with Crippen LogP contribution in [0, 0.1) is 4.64 Å². The molecule has 12 heavy (non-hydrogen) atoms. The SMILES string of the molecule is NCc1cc2c([nH]c1=S)CCC2. The molecule has 64 valence electrons. The Balaban J connectivity index is 2.57. The molecular formula is C9H12N2S. The molecule has 0 unspecified atom stereocenters. The van der Waals surface area contributed by atoms with Crippen LogP contribution in [0.1, 0.15) is 23.2 Å². The maximum atomic E-state index is 5.56. The third kappa shape index (κ3) is 1.19. The highest BCUT2D eigenvalue weighted by atomic mass is 32.1. The molecule has 0 saturated heterocycles. The normalized spacial score (nSPS) is 14.8. The first-order valence-electron chi connectivity index (χ1n) is 4.25. The number of hydrogen-bond acceptors (Lipinski definition) is 2. The zero-order valence-electron chi connectivity index (χ0n) is 6.89. The van der Waals surface area contributed by atoms with Gasteiger partial charge < -0.3 is 10.7 Å². The molecule has 0 aliphatic heterocycles. The molecular weight excluding hydrogens is 168 g/mol. The van der Waals surface area contributed by atoms with Gasteiger partial charge >= 0.3 is 0 Å². The third-order valence-electron chi connectivity index (χ3n) is 2.38. The predicted molar refractivity (Wildman–Crippen MR) is 51.5 cm³/mol. The Hall–Kier alpha value is -0.670. The van der Waals surface area contributed by atoms with Crippen LogP contribution in [0.3, 0.4) is 0 Å². The zero-order valence-corrected chi connectivity index (χ0v) is 7.71. The number of fused-ring (bicyclic) bond motifs is 1. The second kappa shape index (κ2) is 2.99. The number of hydrogen-bond donors (Lipinski definition) is 2. The molecule has 0 bridgehead atoms. The highest BCUT2D eigenvalue weighted by Gasteiger charge is 2.11. The summed E-state index contributed by atoms with van der Waals surface area (Å²) in [4.78, 5) is 3.24. The summed E-state index contributed by atoms with van der Waals surface area (Å²) in [6.07, 6.45) is 3.56. The number of rotatable bonds is 1. The van der Waals surface area contributed by atoms with Gasteiger partial charge in [0.05, 0.1) is 0 Å². The van der Waals surface area contributed by atoms with E-state index in [1.165, 1.54) is 24.1 Å². The molecule has 1 aromatic heterocycles. The molecule has 2 rings (SSSR count). The Bertz CT molecular complexity index is 354. The Morgan fingerprint density at radius 3 is 3.08 bits per heavy atom. The van der Waals surface area contributed by atoms with Crippen molar-refractivity contribution < 1.29 is 0 Å². The molecule has 0 saturated carbocycles. The van der Waals surface area contributed by atoms with Crippen LogP contribution in [0.4, 0.5) is 0 Å². The molecule has 3 N–H and O–H groups in total. The topological polar surface area (TPSA) is 41.8 Å². The number of nitrogens with two attached hydrogens (primary N) is 1. The Kier molecular flexibility index (Phi) is 1.98. The first-order chi connectivity index (χ1) is 5.81. The van der Waals surface area contributed by atoms with E-state index in [1.54, 1.807) is 0 Å². The lowest BCUT2D eigenvalue weighted by molar-refractivity contribution is 0.898. The van der Waals surface area contributed by atoms with Gasteiger partial charge in [-0.3, -0.25) is 0 Å². The molecule has 0 radical (unpaired) electrons. The quantitative estimate of drug-likeness (QED) is 0.646. The van der Waals surface area contributed by atoms with E-state index >= 15 is 0 Å². The number of nitrogens with one attached hydrogen (secondary N) is 1. The van der Waals surface area contributed by atoms with Crippen molar-refractivity contribution in [3.8, 4) is 0 Å². The molecule has 0 fully saturated rings. The molecule has 2 nitrogen and oxygen atoms in total. The maximum Gasteiger partial charge on any atom is 0.107 e. The lowest BCUT2D eigenvalue weighted by Gasteiger charge is -2.02. The zero-order chi connectivity index (χ0) is 8.55. The van der Waals surface area contributed by atoms with Crippen molar-refractivity contribution in [2.24, 2.45) is 5.73 Å². The summed E-state index contributed by atoms with van der Waals surface area (Å²) in [5.74, 6) is 0. The summed E-state index contributed by atoms with van der Waals surface area (Å²) < 4.78 is 0.818. The van der Waals surface area contributed by atoms with Crippen LogP contribution in [-0.2, 0) is 19.4 Å². The van der Waals surface area contributed by atoms with Crippen LogP contribution in [0.25, 0.3) is 0 Å². The number of aryl methyl sites for hydroxylation is 2. The summed E-state index contributed by atoms with van der Waals surface area (Å²) in [5.41, 5.74) is 9.36. The Morgan fingerprint density at radius 2 is 2.33 bits per heavy atom. The largest absolute Gasteiger partial charge is 0.350 e. The molecule has 1 heterocycles. The van der Waals surface area contributed by atoms with Crippen molar-refractivity contribution in [3.05, 3.63) is 27.5 Å². The minimum Gasteiger partial charge on any atom is -0.350 e. The fraction of sp³-hybridized carbons (Fsp3) is 0.444. The molecule has 0 atom stereocenters. The van der Waals surface area contributed by atoms with Gasteiger partial charge in [0.2, 0.25) is 0 Å². The fourth-order valence-corrected chi connectivity index (χ4v) is 1.98. The molecule has 1 aromatic rings. The van der Waals surface area contributed by atoms with Crippen molar-refractivity contribution in [3.63, 3.8) is 0 Å². The van der Waals surface area contributed by atoms with Crippen LogP contribution in [0.2, 0.25) is 0 Å². The standard InChI is InChI=1S/C9H12N2S/c10-5-7-4-6-2-1-3-8(6)11-9(7)12/h4H,1-3,5,10H2,(H,11,12). The molecule has 3 heteroatoms. The van der Waals surface area contributed by atoms with Gasteiger partial charge in [0.1, 0.15) is 4.64 Å². The van der Waals surface area contributed by atoms with Gasteiger partial charge in [-0.25, -0.2) is 0 Å². The van der Waals surface area contributed by atoms with E-state index in [9.17, 15) is 0 Å².